The van der Waals surface area contributed by atoms with Gasteiger partial charge in [0.15, 0.2) is 0 Å². The molecule has 3 aliphatic rings. The average molecular weight is 427 g/mol. The maximum atomic E-state index is 12.9. The second-order valence-corrected chi connectivity index (χ2v) is 7.87. The minimum atomic E-state index is -4.41. The Hall–Kier alpha value is -2.49. The fraction of sp³-hybridized carbons (Fsp3) is 0.600. The van der Waals surface area contributed by atoms with Gasteiger partial charge in [-0.15, -0.1) is 0 Å². The van der Waals surface area contributed by atoms with Crippen molar-refractivity contribution in [2.24, 2.45) is 0 Å². The Balaban J connectivity index is 1.28. The predicted molar refractivity (Wildman–Crippen MR) is 99.9 cm³/mol. The van der Waals surface area contributed by atoms with Crippen molar-refractivity contribution in [2.45, 2.75) is 43.7 Å². The molecule has 1 aromatic carbocycles. The molecule has 3 heterocycles. The second-order valence-electron chi connectivity index (χ2n) is 7.87. The van der Waals surface area contributed by atoms with Gasteiger partial charge in [0.2, 0.25) is 5.91 Å². The largest absolute Gasteiger partial charge is 0.490 e. The number of carbonyl (C=O) groups excluding carboxylic acids is 2. The number of morpholine rings is 1. The summed E-state index contributed by atoms with van der Waals surface area (Å²) < 4.78 is 49.8. The Morgan fingerprint density at radius 3 is 2.60 bits per heavy atom. The lowest BCUT2D eigenvalue weighted by molar-refractivity contribution is -0.140. The molecule has 0 bridgehead atoms. The van der Waals surface area contributed by atoms with Crippen LogP contribution in [0, 0.1) is 0 Å². The Labute approximate surface area is 172 Å². The molecule has 30 heavy (non-hydrogen) atoms. The highest BCUT2D eigenvalue weighted by Gasteiger charge is 2.38. The van der Waals surface area contributed by atoms with Crippen molar-refractivity contribution in [1.82, 2.24) is 15.1 Å². The Morgan fingerprint density at radius 2 is 1.87 bits per heavy atom. The highest BCUT2D eigenvalue weighted by molar-refractivity contribution is 5.79. The summed E-state index contributed by atoms with van der Waals surface area (Å²) in [7, 11) is 0. The maximum Gasteiger partial charge on any atom is 0.416 e. The van der Waals surface area contributed by atoms with Crippen LogP contribution >= 0.6 is 0 Å². The van der Waals surface area contributed by atoms with E-state index in [1.807, 2.05) is 0 Å². The normalized spacial score (nSPS) is 25.5. The third kappa shape index (κ3) is 4.63. The van der Waals surface area contributed by atoms with Crippen molar-refractivity contribution in [2.75, 3.05) is 32.8 Å². The fourth-order valence-electron chi connectivity index (χ4n) is 4.18. The molecule has 164 valence electrons. The summed E-state index contributed by atoms with van der Waals surface area (Å²) in [6.07, 6.45) is -2.95. The minimum Gasteiger partial charge on any atom is -0.490 e. The number of alkyl halides is 3. The van der Waals surface area contributed by atoms with Crippen molar-refractivity contribution < 1.29 is 32.2 Å². The summed E-state index contributed by atoms with van der Waals surface area (Å²) in [6, 6.07) is 4.57. The van der Waals surface area contributed by atoms with Crippen molar-refractivity contribution in [3.63, 3.8) is 0 Å². The maximum absolute atomic E-state index is 12.9. The number of hydrogen-bond acceptors (Lipinski definition) is 4. The van der Waals surface area contributed by atoms with Crippen molar-refractivity contribution in [3.8, 4) is 5.75 Å². The first-order valence-corrected chi connectivity index (χ1v) is 10.1. The van der Waals surface area contributed by atoms with E-state index >= 15 is 0 Å². The van der Waals surface area contributed by atoms with Crippen LogP contribution in [0.1, 0.15) is 24.8 Å². The monoisotopic (exact) mass is 427 g/mol. The van der Waals surface area contributed by atoms with Crippen molar-refractivity contribution in [1.29, 1.82) is 0 Å². The molecule has 7 nitrogen and oxygen atoms in total. The Kier molecular flexibility index (Phi) is 5.77. The number of rotatable bonds is 2. The standard InChI is InChI=1S/C20H24F3N3O4/c21-20(22,23)13-2-1-3-15(10-13)30-14-4-7-25(8-5-14)19(28)26-9-6-17-16(11-26)24-18(27)12-29-17/h1-3,10,14,16-17H,4-9,11-12H2,(H,24,27)/t16-,17+/m1/s1. The van der Waals surface area contributed by atoms with Crippen LogP contribution in [0.25, 0.3) is 0 Å². The number of ether oxygens (including phenoxy) is 2. The lowest BCUT2D eigenvalue weighted by Gasteiger charge is -2.43. The van der Waals surface area contributed by atoms with Gasteiger partial charge < -0.3 is 24.6 Å². The van der Waals surface area contributed by atoms with E-state index in [1.54, 1.807) is 9.80 Å². The van der Waals surface area contributed by atoms with E-state index in [-0.39, 0.29) is 42.5 Å². The van der Waals surface area contributed by atoms with E-state index in [0.717, 1.165) is 12.1 Å². The molecule has 0 aromatic heterocycles. The molecular formula is C20H24F3N3O4. The van der Waals surface area contributed by atoms with Gasteiger partial charge in [0.25, 0.3) is 0 Å². The van der Waals surface area contributed by atoms with Crippen LogP contribution < -0.4 is 10.1 Å². The van der Waals surface area contributed by atoms with Crippen molar-refractivity contribution >= 4 is 11.9 Å². The molecular weight excluding hydrogens is 403 g/mol. The van der Waals surface area contributed by atoms with E-state index in [0.29, 0.717) is 45.4 Å². The van der Waals surface area contributed by atoms with Crippen LogP contribution in [0.4, 0.5) is 18.0 Å². The number of hydrogen-bond donors (Lipinski definition) is 1. The molecule has 0 radical (unpaired) electrons. The van der Waals surface area contributed by atoms with E-state index in [2.05, 4.69) is 5.32 Å². The van der Waals surface area contributed by atoms with E-state index in [9.17, 15) is 22.8 Å². The summed E-state index contributed by atoms with van der Waals surface area (Å²) in [6.45, 7) is 1.98. The molecule has 0 saturated carbocycles. The number of benzene rings is 1. The van der Waals surface area contributed by atoms with Gasteiger partial charge in [-0.05, 0) is 24.6 Å². The third-order valence-corrected chi connectivity index (χ3v) is 5.77. The summed E-state index contributed by atoms with van der Waals surface area (Å²) in [5, 5.41) is 2.88. The molecule has 10 heteroatoms. The van der Waals surface area contributed by atoms with Crippen LogP contribution in [0.2, 0.25) is 0 Å². The molecule has 2 atom stereocenters. The van der Waals surface area contributed by atoms with Crippen LogP contribution in [-0.4, -0.2) is 72.8 Å². The zero-order valence-electron chi connectivity index (χ0n) is 16.4. The fourth-order valence-corrected chi connectivity index (χ4v) is 4.18. The van der Waals surface area contributed by atoms with E-state index < -0.39 is 11.7 Å². The molecule has 3 saturated heterocycles. The second kappa shape index (κ2) is 8.33. The van der Waals surface area contributed by atoms with Gasteiger partial charge in [0, 0.05) is 39.0 Å². The van der Waals surface area contributed by atoms with E-state index in [1.165, 1.54) is 12.1 Å². The molecule has 1 N–H and O–H groups in total. The third-order valence-electron chi connectivity index (χ3n) is 5.77. The average Bonchev–Trinajstić information content (AvgIpc) is 2.73. The van der Waals surface area contributed by atoms with Gasteiger partial charge in [-0.3, -0.25) is 4.79 Å². The zero-order valence-corrected chi connectivity index (χ0v) is 16.4. The number of likely N-dealkylation sites (tertiary alicyclic amines) is 2. The van der Waals surface area contributed by atoms with Crippen molar-refractivity contribution in [3.05, 3.63) is 29.8 Å². The number of fused-ring (bicyclic) bond motifs is 1. The molecule has 0 aliphatic carbocycles. The molecule has 4 rings (SSSR count). The van der Waals surface area contributed by atoms with Crippen LogP contribution in [0.15, 0.2) is 24.3 Å². The zero-order chi connectivity index (χ0) is 21.3. The number of urea groups is 1. The van der Waals surface area contributed by atoms with E-state index in [4.69, 9.17) is 9.47 Å². The first-order chi connectivity index (χ1) is 14.3. The lowest BCUT2D eigenvalue weighted by atomic mass is 10.0. The highest BCUT2D eigenvalue weighted by atomic mass is 19.4. The number of carbonyl (C=O) groups is 2. The summed E-state index contributed by atoms with van der Waals surface area (Å²) >= 11 is 0. The number of nitrogens with one attached hydrogen (secondary N) is 1. The Bertz CT molecular complexity index is 796. The lowest BCUT2D eigenvalue weighted by Crippen LogP contribution is -2.62. The minimum absolute atomic E-state index is 0.0571. The van der Waals surface area contributed by atoms with Gasteiger partial charge in [0.1, 0.15) is 18.5 Å². The molecule has 3 amide bonds. The molecule has 0 unspecified atom stereocenters. The highest BCUT2D eigenvalue weighted by Crippen LogP contribution is 2.32. The number of halogens is 3. The SMILES string of the molecule is O=C1CO[C@H]2CCN(C(=O)N3CCC(Oc4cccc(C(F)(F)F)c4)CC3)C[C@H]2N1. The van der Waals surface area contributed by atoms with Crippen LogP contribution in [0.5, 0.6) is 5.75 Å². The quantitative estimate of drug-likeness (QED) is 0.786. The van der Waals surface area contributed by atoms with Gasteiger partial charge in [-0.1, -0.05) is 6.07 Å². The molecule has 0 spiro atoms. The van der Waals surface area contributed by atoms with Crippen LogP contribution in [0.3, 0.4) is 0 Å². The molecule has 3 fully saturated rings. The molecule has 1 aromatic rings. The Morgan fingerprint density at radius 1 is 1.13 bits per heavy atom. The number of amides is 3. The predicted octanol–water partition coefficient (Wildman–Crippen LogP) is 2.26. The number of nitrogens with zero attached hydrogens (tertiary/aromatic N) is 2. The summed E-state index contributed by atoms with van der Waals surface area (Å²) in [5.41, 5.74) is -0.741. The topological polar surface area (TPSA) is 71.1 Å². The van der Waals surface area contributed by atoms with Gasteiger partial charge >= 0.3 is 12.2 Å². The summed E-state index contributed by atoms with van der Waals surface area (Å²) in [5.74, 6) is 0.0165. The first-order valence-electron chi connectivity index (χ1n) is 10.1. The van der Waals surface area contributed by atoms with Gasteiger partial charge in [-0.2, -0.15) is 13.2 Å². The van der Waals surface area contributed by atoms with Gasteiger partial charge in [-0.25, -0.2) is 4.79 Å². The number of piperidine rings is 2. The van der Waals surface area contributed by atoms with Gasteiger partial charge in [0.05, 0.1) is 17.7 Å². The first kappa shape index (κ1) is 20.8. The molecule has 3 aliphatic heterocycles. The van der Waals surface area contributed by atoms with Crippen LogP contribution in [-0.2, 0) is 15.7 Å². The smallest absolute Gasteiger partial charge is 0.416 e. The summed E-state index contributed by atoms with van der Waals surface area (Å²) in [4.78, 5) is 27.9.